The van der Waals surface area contributed by atoms with Gasteiger partial charge in [-0.25, -0.2) is 8.78 Å². The summed E-state index contributed by atoms with van der Waals surface area (Å²) in [5.41, 5.74) is 1.27. The van der Waals surface area contributed by atoms with Crippen molar-refractivity contribution >= 4 is 5.91 Å². The number of morpholine rings is 1. The SMILES string of the molecule is O=C(C1CN(CCc2ccccc2)CCO1)N1CCC(F)(F)CC1. The van der Waals surface area contributed by atoms with Crippen molar-refractivity contribution in [2.75, 3.05) is 39.3 Å². The molecule has 2 aliphatic heterocycles. The number of alkyl halides is 2. The van der Waals surface area contributed by atoms with Gasteiger partial charge >= 0.3 is 0 Å². The second kappa shape index (κ2) is 7.57. The van der Waals surface area contributed by atoms with Gasteiger partial charge in [0.05, 0.1) is 6.61 Å². The highest BCUT2D eigenvalue weighted by Gasteiger charge is 2.38. The molecule has 4 nitrogen and oxygen atoms in total. The Morgan fingerprint density at radius 2 is 1.88 bits per heavy atom. The van der Waals surface area contributed by atoms with Crippen LogP contribution in [0.15, 0.2) is 30.3 Å². The third-order valence-electron chi connectivity index (χ3n) is 4.79. The van der Waals surface area contributed by atoms with Crippen LogP contribution < -0.4 is 0 Å². The van der Waals surface area contributed by atoms with Crippen LogP contribution in [0.25, 0.3) is 0 Å². The molecule has 2 fully saturated rings. The molecule has 132 valence electrons. The maximum atomic E-state index is 13.2. The van der Waals surface area contributed by atoms with Gasteiger partial charge in [0.15, 0.2) is 0 Å². The fourth-order valence-electron chi connectivity index (χ4n) is 3.24. The summed E-state index contributed by atoms with van der Waals surface area (Å²) in [4.78, 5) is 16.3. The van der Waals surface area contributed by atoms with Crippen LogP contribution in [-0.4, -0.2) is 67.1 Å². The van der Waals surface area contributed by atoms with Crippen LogP contribution in [0.5, 0.6) is 0 Å². The molecule has 0 aromatic heterocycles. The number of piperidine rings is 1. The zero-order valence-electron chi connectivity index (χ0n) is 13.8. The lowest BCUT2D eigenvalue weighted by Gasteiger charge is -2.37. The van der Waals surface area contributed by atoms with Crippen LogP contribution in [0, 0.1) is 0 Å². The van der Waals surface area contributed by atoms with Crippen molar-refractivity contribution in [1.29, 1.82) is 0 Å². The molecule has 0 spiro atoms. The molecular formula is C18H24F2N2O2. The Balaban J connectivity index is 1.49. The van der Waals surface area contributed by atoms with Crippen molar-refractivity contribution in [3.8, 4) is 0 Å². The van der Waals surface area contributed by atoms with Gasteiger partial charge in [-0.15, -0.1) is 0 Å². The first-order valence-electron chi connectivity index (χ1n) is 8.58. The minimum absolute atomic E-state index is 0.121. The van der Waals surface area contributed by atoms with E-state index in [1.165, 1.54) is 10.5 Å². The zero-order valence-corrected chi connectivity index (χ0v) is 13.8. The molecule has 0 aliphatic carbocycles. The third-order valence-corrected chi connectivity index (χ3v) is 4.79. The molecule has 0 saturated carbocycles. The third kappa shape index (κ3) is 4.51. The fourth-order valence-corrected chi connectivity index (χ4v) is 3.24. The summed E-state index contributed by atoms with van der Waals surface area (Å²) in [7, 11) is 0. The number of halogens is 2. The van der Waals surface area contributed by atoms with E-state index < -0.39 is 12.0 Å². The number of carbonyl (C=O) groups excluding carboxylic acids is 1. The second-order valence-corrected chi connectivity index (χ2v) is 6.58. The molecule has 1 amide bonds. The van der Waals surface area contributed by atoms with Crippen LogP contribution in [0.2, 0.25) is 0 Å². The molecule has 1 aromatic rings. The van der Waals surface area contributed by atoms with Crippen molar-refractivity contribution in [1.82, 2.24) is 9.80 Å². The maximum Gasteiger partial charge on any atom is 0.253 e. The van der Waals surface area contributed by atoms with Crippen LogP contribution in [-0.2, 0) is 16.0 Å². The minimum atomic E-state index is -2.63. The number of carbonyl (C=O) groups is 1. The first-order valence-corrected chi connectivity index (χ1v) is 8.58. The molecule has 0 radical (unpaired) electrons. The topological polar surface area (TPSA) is 32.8 Å². The molecular weight excluding hydrogens is 314 g/mol. The quantitative estimate of drug-likeness (QED) is 0.844. The lowest BCUT2D eigenvalue weighted by Crippen LogP contribution is -2.53. The lowest BCUT2D eigenvalue weighted by molar-refractivity contribution is -0.154. The van der Waals surface area contributed by atoms with Crippen LogP contribution in [0.4, 0.5) is 8.78 Å². The highest BCUT2D eigenvalue weighted by molar-refractivity contribution is 5.81. The van der Waals surface area contributed by atoms with E-state index in [1.54, 1.807) is 0 Å². The average Bonchev–Trinajstić information content (AvgIpc) is 2.60. The zero-order chi connectivity index (χ0) is 17.0. The van der Waals surface area contributed by atoms with Crippen molar-refractivity contribution in [3.05, 3.63) is 35.9 Å². The molecule has 1 aromatic carbocycles. The van der Waals surface area contributed by atoms with Gasteiger partial charge in [0, 0.05) is 45.6 Å². The molecule has 2 saturated heterocycles. The van der Waals surface area contributed by atoms with Crippen LogP contribution in [0.3, 0.4) is 0 Å². The van der Waals surface area contributed by atoms with E-state index >= 15 is 0 Å². The molecule has 1 atom stereocenters. The summed E-state index contributed by atoms with van der Waals surface area (Å²) in [5, 5.41) is 0. The number of hydrogen-bond acceptors (Lipinski definition) is 3. The second-order valence-electron chi connectivity index (χ2n) is 6.58. The Hall–Kier alpha value is -1.53. The number of benzene rings is 1. The highest BCUT2D eigenvalue weighted by Crippen LogP contribution is 2.28. The number of hydrogen-bond donors (Lipinski definition) is 0. The summed E-state index contributed by atoms with van der Waals surface area (Å²) in [6.45, 7) is 2.96. The van der Waals surface area contributed by atoms with E-state index in [2.05, 4.69) is 17.0 Å². The Kier molecular flexibility index (Phi) is 5.46. The maximum absolute atomic E-state index is 13.2. The van der Waals surface area contributed by atoms with Gasteiger partial charge in [-0.2, -0.15) is 0 Å². The van der Waals surface area contributed by atoms with Gasteiger partial charge in [-0.3, -0.25) is 9.69 Å². The fraction of sp³-hybridized carbons (Fsp3) is 0.611. The molecule has 1 unspecified atom stereocenters. The predicted octanol–water partition coefficient (Wildman–Crippen LogP) is 2.19. The van der Waals surface area contributed by atoms with Gasteiger partial charge in [0.2, 0.25) is 0 Å². The van der Waals surface area contributed by atoms with Gasteiger partial charge in [0.25, 0.3) is 11.8 Å². The number of likely N-dealkylation sites (tertiary alicyclic amines) is 1. The number of nitrogens with zero attached hydrogens (tertiary/aromatic N) is 2. The summed E-state index contributed by atoms with van der Waals surface area (Å²) >= 11 is 0. The average molecular weight is 338 g/mol. The molecule has 2 heterocycles. The Labute approximate surface area is 141 Å². The molecule has 6 heteroatoms. The lowest BCUT2D eigenvalue weighted by atomic mass is 10.1. The predicted molar refractivity (Wildman–Crippen MR) is 87.1 cm³/mol. The first kappa shape index (κ1) is 17.3. The molecule has 0 N–H and O–H groups in total. The standard InChI is InChI=1S/C18H24F2N2O2/c19-18(20)7-10-22(11-8-18)17(23)16-14-21(12-13-24-16)9-6-15-4-2-1-3-5-15/h1-5,16H,6-14H2. The van der Waals surface area contributed by atoms with Crippen LogP contribution >= 0.6 is 0 Å². The van der Waals surface area contributed by atoms with E-state index in [9.17, 15) is 13.6 Å². The summed E-state index contributed by atoms with van der Waals surface area (Å²) in [5.74, 6) is -2.78. The number of amides is 1. The Morgan fingerprint density at radius 3 is 2.58 bits per heavy atom. The number of ether oxygens (including phenoxy) is 1. The first-order chi connectivity index (χ1) is 11.5. The van der Waals surface area contributed by atoms with Gasteiger partial charge in [-0.05, 0) is 12.0 Å². The minimum Gasteiger partial charge on any atom is -0.366 e. The normalized spacial score (nSPS) is 24.8. The Morgan fingerprint density at radius 1 is 1.17 bits per heavy atom. The monoisotopic (exact) mass is 338 g/mol. The van der Waals surface area contributed by atoms with Crippen molar-refractivity contribution in [2.45, 2.75) is 31.3 Å². The molecule has 3 rings (SSSR count). The summed E-state index contributed by atoms with van der Waals surface area (Å²) < 4.78 is 32.1. The molecule has 24 heavy (non-hydrogen) atoms. The van der Waals surface area contributed by atoms with Gasteiger partial charge in [-0.1, -0.05) is 30.3 Å². The number of rotatable bonds is 4. The van der Waals surface area contributed by atoms with Crippen molar-refractivity contribution < 1.29 is 18.3 Å². The van der Waals surface area contributed by atoms with E-state index in [4.69, 9.17) is 4.74 Å². The van der Waals surface area contributed by atoms with Crippen LogP contribution in [0.1, 0.15) is 18.4 Å². The van der Waals surface area contributed by atoms with E-state index in [-0.39, 0.29) is 31.8 Å². The Bertz CT molecular complexity index is 543. The smallest absolute Gasteiger partial charge is 0.253 e. The van der Waals surface area contributed by atoms with Crippen molar-refractivity contribution in [3.63, 3.8) is 0 Å². The van der Waals surface area contributed by atoms with E-state index in [0.29, 0.717) is 13.2 Å². The van der Waals surface area contributed by atoms with Gasteiger partial charge in [0.1, 0.15) is 6.10 Å². The van der Waals surface area contributed by atoms with E-state index in [0.717, 1.165) is 19.5 Å². The molecule has 2 aliphatic rings. The summed E-state index contributed by atoms with van der Waals surface area (Å²) in [6, 6.07) is 10.2. The van der Waals surface area contributed by atoms with Crippen molar-refractivity contribution in [2.24, 2.45) is 0 Å². The summed E-state index contributed by atoms with van der Waals surface area (Å²) in [6.07, 6.45) is -0.0921. The van der Waals surface area contributed by atoms with E-state index in [1.807, 2.05) is 18.2 Å². The highest BCUT2D eigenvalue weighted by atomic mass is 19.3. The largest absolute Gasteiger partial charge is 0.366 e. The molecule has 0 bridgehead atoms. The van der Waals surface area contributed by atoms with Gasteiger partial charge < -0.3 is 9.64 Å².